The van der Waals surface area contributed by atoms with Crippen molar-refractivity contribution in [1.82, 2.24) is 0 Å². The Labute approximate surface area is 73.7 Å². The van der Waals surface area contributed by atoms with Crippen molar-refractivity contribution in [2.75, 3.05) is 0 Å². The minimum absolute atomic E-state index is 0.00259. The fraction of sp³-hybridized carbons (Fsp3) is 0. The molecule has 0 fully saturated rings. The van der Waals surface area contributed by atoms with E-state index in [1.807, 2.05) is 0 Å². The zero-order valence-electron chi connectivity index (χ0n) is 6.57. The molecule has 13 heavy (non-hydrogen) atoms. The van der Waals surface area contributed by atoms with Crippen LogP contribution in [0.25, 0.3) is 0 Å². The molecular formula is C8H7N3O2. The summed E-state index contributed by atoms with van der Waals surface area (Å²) in [5.41, 5.74) is 6.40. The second kappa shape index (κ2) is 2.22. The molecule has 1 heterocycles. The third-order valence-corrected chi connectivity index (χ3v) is 1.88. The van der Waals surface area contributed by atoms with Crippen LogP contribution < -0.4 is 5.73 Å². The van der Waals surface area contributed by atoms with E-state index in [0.717, 1.165) is 0 Å². The Morgan fingerprint density at radius 3 is 2.31 bits per heavy atom. The Hall–Kier alpha value is -2.04. The van der Waals surface area contributed by atoms with Crippen molar-refractivity contribution < 1.29 is 10.2 Å². The average molecular weight is 177 g/mol. The van der Waals surface area contributed by atoms with Crippen molar-refractivity contribution in [1.29, 1.82) is 5.41 Å². The second-order valence-electron chi connectivity index (χ2n) is 2.73. The molecule has 0 aromatic heterocycles. The van der Waals surface area contributed by atoms with Gasteiger partial charge in [0.1, 0.15) is 5.84 Å². The van der Waals surface area contributed by atoms with Gasteiger partial charge in [-0.15, -0.1) is 0 Å². The van der Waals surface area contributed by atoms with Crippen molar-refractivity contribution in [3.63, 3.8) is 0 Å². The maximum Gasteiger partial charge on any atom is 0.158 e. The molecule has 1 aromatic rings. The van der Waals surface area contributed by atoms with Gasteiger partial charge in [0, 0.05) is 11.1 Å². The number of benzene rings is 1. The third-order valence-electron chi connectivity index (χ3n) is 1.88. The molecule has 1 aromatic carbocycles. The Balaban J connectivity index is 2.72. The number of aliphatic imine (C=N–C) groups is 1. The quantitative estimate of drug-likeness (QED) is 0.424. The molecule has 0 saturated heterocycles. The normalized spacial score (nSPS) is 14.2. The summed E-state index contributed by atoms with van der Waals surface area (Å²) in [6.07, 6.45) is 0. The fourth-order valence-electron chi connectivity index (χ4n) is 1.23. The highest BCUT2D eigenvalue weighted by Crippen LogP contribution is 2.30. The Bertz CT molecular complexity index is 437. The SMILES string of the molecule is N=C1N=C(N)c2cc(O)c(O)cc21. The van der Waals surface area contributed by atoms with E-state index >= 15 is 0 Å². The predicted octanol–water partition coefficient (Wildman–Crippen LogP) is 0.142. The number of hydrogen-bond acceptors (Lipinski definition) is 4. The van der Waals surface area contributed by atoms with E-state index in [1.54, 1.807) is 0 Å². The van der Waals surface area contributed by atoms with Crippen LogP contribution in [0.2, 0.25) is 0 Å². The van der Waals surface area contributed by atoms with E-state index in [-0.39, 0.29) is 23.2 Å². The van der Waals surface area contributed by atoms with Crippen LogP contribution in [0.1, 0.15) is 11.1 Å². The molecule has 0 saturated carbocycles. The van der Waals surface area contributed by atoms with Gasteiger partial charge in [0.05, 0.1) is 0 Å². The van der Waals surface area contributed by atoms with Gasteiger partial charge < -0.3 is 15.9 Å². The maximum atomic E-state index is 9.16. The summed E-state index contributed by atoms with van der Waals surface area (Å²) in [6, 6.07) is 2.57. The summed E-state index contributed by atoms with van der Waals surface area (Å²) in [5.74, 6) is -0.335. The van der Waals surface area contributed by atoms with E-state index in [2.05, 4.69) is 4.99 Å². The molecule has 0 radical (unpaired) electrons. The minimum Gasteiger partial charge on any atom is -0.504 e. The van der Waals surface area contributed by atoms with Gasteiger partial charge in [-0.2, -0.15) is 0 Å². The van der Waals surface area contributed by atoms with E-state index in [4.69, 9.17) is 21.4 Å². The molecule has 1 aliphatic rings. The van der Waals surface area contributed by atoms with E-state index in [9.17, 15) is 0 Å². The van der Waals surface area contributed by atoms with Crippen molar-refractivity contribution >= 4 is 11.7 Å². The topological polar surface area (TPSA) is 103 Å². The van der Waals surface area contributed by atoms with Crippen LogP contribution >= 0.6 is 0 Å². The zero-order chi connectivity index (χ0) is 9.59. The first-order valence-corrected chi connectivity index (χ1v) is 3.59. The highest BCUT2D eigenvalue weighted by Gasteiger charge is 2.20. The highest BCUT2D eigenvalue weighted by atomic mass is 16.3. The van der Waals surface area contributed by atoms with Crippen molar-refractivity contribution in [2.45, 2.75) is 0 Å². The lowest BCUT2D eigenvalue weighted by Gasteiger charge is -2.01. The summed E-state index contributed by atoms with van der Waals surface area (Å²) >= 11 is 0. The van der Waals surface area contributed by atoms with Gasteiger partial charge in [-0.25, -0.2) is 4.99 Å². The van der Waals surface area contributed by atoms with Gasteiger partial charge in [0.15, 0.2) is 17.3 Å². The second-order valence-corrected chi connectivity index (χ2v) is 2.73. The third kappa shape index (κ3) is 0.936. The number of nitrogens with one attached hydrogen (secondary N) is 1. The molecule has 66 valence electrons. The number of nitrogens with zero attached hydrogens (tertiary/aromatic N) is 1. The molecule has 5 N–H and O–H groups in total. The van der Waals surface area contributed by atoms with Gasteiger partial charge in [0.2, 0.25) is 0 Å². The first kappa shape index (κ1) is 7.60. The Morgan fingerprint density at radius 1 is 1.15 bits per heavy atom. The maximum absolute atomic E-state index is 9.16. The van der Waals surface area contributed by atoms with E-state index in [0.29, 0.717) is 11.1 Å². The molecule has 0 unspecified atom stereocenters. The number of phenols is 2. The molecule has 0 aliphatic carbocycles. The lowest BCUT2D eigenvalue weighted by molar-refractivity contribution is 0.403. The predicted molar refractivity (Wildman–Crippen MR) is 47.3 cm³/mol. The van der Waals surface area contributed by atoms with Gasteiger partial charge >= 0.3 is 0 Å². The summed E-state index contributed by atoms with van der Waals surface area (Å²) in [4.78, 5) is 3.69. The van der Waals surface area contributed by atoms with Crippen molar-refractivity contribution in [2.24, 2.45) is 10.7 Å². The average Bonchev–Trinajstić information content (AvgIpc) is 2.31. The molecule has 0 amide bonds. The number of rotatable bonds is 0. The number of aromatic hydroxyl groups is 2. The largest absolute Gasteiger partial charge is 0.504 e. The monoisotopic (exact) mass is 177 g/mol. The van der Waals surface area contributed by atoms with Crippen LogP contribution in [0.3, 0.4) is 0 Å². The molecule has 0 bridgehead atoms. The Morgan fingerprint density at radius 2 is 1.69 bits per heavy atom. The van der Waals surface area contributed by atoms with Crippen LogP contribution in [0, 0.1) is 5.41 Å². The van der Waals surface area contributed by atoms with Crippen molar-refractivity contribution in [3.05, 3.63) is 23.3 Å². The van der Waals surface area contributed by atoms with Crippen LogP contribution in [0.15, 0.2) is 17.1 Å². The number of phenolic OH excluding ortho intramolecular Hbond substituents is 2. The summed E-state index contributed by atoms with van der Waals surface area (Å²) < 4.78 is 0. The number of hydrogen-bond donors (Lipinski definition) is 4. The first-order valence-electron chi connectivity index (χ1n) is 3.59. The molecule has 0 spiro atoms. The lowest BCUT2D eigenvalue weighted by Crippen LogP contribution is -2.09. The number of fused-ring (bicyclic) bond motifs is 1. The highest BCUT2D eigenvalue weighted by molar-refractivity contribution is 6.21. The number of nitrogens with two attached hydrogens (primary N) is 1. The lowest BCUT2D eigenvalue weighted by atomic mass is 10.1. The van der Waals surface area contributed by atoms with Crippen LogP contribution in [0.4, 0.5) is 0 Å². The molecule has 5 heteroatoms. The van der Waals surface area contributed by atoms with E-state index < -0.39 is 0 Å². The zero-order valence-corrected chi connectivity index (χ0v) is 6.57. The summed E-state index contributed by atoms with van der Waals surface area (Å²) in [7, 11) is 0. The molecule has 5 nitrogen and oxygen atoms in total. The van der Waals surface area contributed by atoms with Crippen LogP contribution in [-0.4, -0.2) is 21.9 Å². The standard InChI is InChI=1S/C8H7N3O2/c9-7-3-1-5(12)6(13)2-4(3)8(10)11-7/h1-2,12-13H,(H3,9,10,11). The van der Waals surface area contributed by atoms with Crippen LogP contribution in [-0.2, 0) is 0 Å². The molecular weight excluding hydrogens is 170 g/mol. The Kier molecular flexibility index (Phi) is 1.30. The van der Waals surface area contributed by atoms with Gasteiger partial charge in [-0.1, -0.05) is 0 Å². The van der Waals surface area contributed by atoms with Gasteiger partial charge in [0.25, 0.3) is 0 Å². The summed E-state index contributed by atoms with van der Waals surface area (Å²) in [5, 5.41) is 25.7. The van der Waals surface area contributed by atoms with Gasteiger partial charge in [-0.05, 0) is 12.1 Å². The first-order chi connectivity index (χ1) is 6.09. The molecule has 0 atom stereocenters. The van der Waals surface area contributed by atoms with E-state index in [1.165, 1.54) is 12.1 Å². The van der Waals surface area contributed by atoms with Gasteiger partial charge in [-0.3, -0.25) is 5.41 Å². The number of amidine groups is 2. The molecule has 2 rings (SSSR count). The summed E-state index contributed by atoms with van der Waals surface area (Å²) in [6.45, 7) is 0. The van der Waals surface area contributed by atoms with Crippen LogP contribution in [0.5, 0.6) is 11.5 Å². The smallest absolute Gasteiger partial charge is 0.158 e. The van der Waals surface area contributed by atoms with Crippen molar-refractivity contribution in [3.8, 4) is 11.5 Å². The molecule has 1 aliphatic heterocycles. The minimum atomic E-state index is -0.270. The fourth-order valence-corrected chi connectivity index (χ4v) is 1.23.